The predicted octanol–water partition coefficient (Wildman–Crippen LogP) is 3.85. The zero-order chi connectivity index (χ0) is 10.8. The molecule has 0 saturated heterocycles. The van der Waals surface area contributed by atoms with E-state index in [0.717, 1.165) is 11.3 Å². The third kappa shape index (κ3) is 2.00. The topological polar surface area (TPSA) is 12.9 Å². The van der Waals surface area contributed by atoms with Crippen molar-refractivity contribution in [1.82, 2.24) is 4.98 Å². The van der Waals surface area contributed by atoms with E-state index in [1.165, 1.54) is 6.07 Å². The maximum atomic E-state index is 13.6. The average Bonchev–Trinajstić information content (AvgIpc) is 2.20. The van der Waals surface area contributed by atoms with Crippen molar-refractivity contribution < 1.29 is 4.39 Å². The largest absolute Gasteiger partial charge is 0.261 e. The Kier molecular flexibility index (Phi) is 2.69. The Morgan fingerprint density at radius 2 is 2.00 bits per heavy atom. The van der Waals surface area contributed by atoms with Crippen molar-refractivity contribution in [3.63, 3.8) is 0 Å². The van der Waals surface area contributed by atoms with E-state index in [2.05, 4.69) is 4.98 Å². The van der Waals surface area contributed by atoms with Crippen LogP contribution >= 0.6 is 11.6 Å². The van der Waals surface area contributed by atoms with Crippen LogP contribution in [0.15, 0.2) is 36.5 Å². The van der Waals surface area contributed by atoms with Crippen molar-refractivity contribution in [2.24, 2.45) is 0 Å². The highest BCUT2D eigenvalue weighted by atomic mass is 35.5. The van der Waals surface area contributed by atoms with Crippen molar-refractivity contribution in [2.45, 2.75) is 6.92 Å². The molecule has 0 bridgehead atoms. The Hall–Kier alpha value is -1.41. The van der Waals surface area contributed by atoms with Gasteiger partial charge in [0.2, 0.25) is 0 Å². The van der Waals surface area contributed by atoms with Gasteiger partial charge in [-0.15, -0.1) is 0 Å². The van der Waals surface area contributed by atoms with Gasteiger partial charge >= 0.3 is 0 Å². The molecule has 0 amide bonds. The van der Waals surface area contributed by atoms with Crippen LogP contribution in [0.25, 0.3) is 11.1 Å². The van der Waals surface area contributed by atoms with Gasteiger partial charge in [-0.05, 0) is 31.2 Å². The lowest BCUT2D eigenvalue weighted by molar-refractivity contribution is 0.631. The van der Waals surface area contributed by atoms with E-state index in [1.807, 2.05) is 13.0 Å². The van der Waals surface area contributed by atoms with Gasteiger partial charge in [0, 0.05) is 28.0 Å². The van der Waals surface area contributed by atoms with Gasteiger partial charge < -0.3 is 0 Å². The van der Waals surface area contributed by atoms with Crippen LogP contribution < -0.4 is 0 Å². The van der Waals surface area contributed by atoms with Crippen molar-refractivity contribution in [1.29, 1.82) is 0 Å². The van der Waals surface area contributed by atoms with E-state index in [9.17, 15) is 4.39 Å². The van der Waals surface area contributed by atoms with Gasteiger partial charge in [0.15, 0.2) is 0 Å². The molecular weight excluding hydrogens is 213 g/mol. The first-order valence-electron chi connectivity index (χ1n) is 4.55. The second kappa shape index (κ2) is 3.99. The SMILES string of the molecule is Cc1ncccc1-c1ccc(Cl)cc1F. The molecule has 0 spiro atoms. The van der Waals surface area contributed by atoms with E-state index in [4.69, 9.17) is 11.6 Å². The molecule has 1 nitrogen and oxygen atoms in total. The van der Waals surface area contributed by atoms with E-state index in [1.54, 1.807) is 24.4 Å². The third-order valence-corrected chi connectivity index (χ3v) is 2.46. The Bertz CT molecular complexity index is 497. The summed E-state index contributed by atoms with van der Waals surface area (Å²) in [4.78, 5) is 4.12. The van der Waals surface area contributed by atoms with Crippen LogP contribution in [0.4, 0.5) is 4.39 Å². The van der Waals surface area contributed by atoms with E-state index in [0.29, 0.717) is 10.6 Å². The maximum absolute atomic E-state index is 13.6. The quantitative estimate of drug-likeness (QED) is 0.713. The minimum absolute atomic E-state index is 0.321. The number of pyridine rings is 1. The van der Waals surface area contributed by atoms with E-state index >= 15 is 0 Å². The fourth-order valence-corrected chi connectivity index (χ4v) is 1.64. The van der Waals surface area contributed by atoms with Gasteiger partial charge in [0.25, 0.3) is 0 Å². The Balaban J connectivity index is 2.60. The van der Waals surface area contributed by atoms with E-state index in [-0.39, 0.29) is 5.82 Å². The van der Waals surface area contributed by atoms with Crippen molar-refractivity contribution >= 4 is 11.6 Å². The summed E-state index contributed by atoms with van der Waals surface area (Å²) in [6.07, 6.45) is 1.69. The molecule has 15 heavy (non-hydrogen) atoms. The molecule has 0 atom stereocenters. The zero-order valence-corrected chi connectivity index (χ0v) is 8.92. The molecule has 0 unspecified atom stereocenters. The number of hydrogen-bond donors (Lipinski definition) is 0. The lowest BCUT2D eigenvalue weighted by atomic mass is 10.0. The van der Waals surface area contributed by atoms with Gasteiger partial charge in [-0.25, -0.2) is 4.39 Å². The first-order chi connectivity index (χ1) is 7.18. The van der Waals surface area contributed by atoms with E-state index < -0.39 is 0 Å². The summed E-state index contributed by atoms with van der Waals surface area (Å²) in [5, 5.41) is 0.401. The van der Waals surface area contributed by atoms with Crippen molar-refractivity contribution in [3.05, 3.63) is 53.1 Å². The molecule has 2 aromatic rings. The minimum atomic E-state index is -0.321. The molecule has 1 aromatic heterocycles. The lowest BCUT2D eigenvalue weighted by Gasteiger charge is -2.06. The van der Waals surface area contributed by atoms with Crippen LogP contribution in [-0.2, 0) is 0 Å². The molecule has 76 valence electrons. The van der Waals surface area contributed by atoms with Gasteiger partial charge in [-0.1, -0.05) is 17.7 Å². The number of rotatable bonds is 1. The smallest absolute Gasteiger partial charge is 0.132 e. The maximum Gasteiger partial charge on any atom is 0.132 e. The van der Waals surface area contributed by atoms with Gasteiger partial charge in [0.1, 0.15) is 5.82 Å². The summed E-state index contributed by atoms with van der Waals surface area (Å²) in [6.45, 7) is 1.85. The van der Waals surface area contributed by atoms with Crippen LogP contribution in [-0.4, -0.2) is 4.98 Å². The molecule has 0 aliphatic heterocycles. The standard InChI is InChI=1S/C12H9ClFN/c1-8-10(3-2-6-15-8)11-5-4-9(13)7-12(11)14/h2-7H,1H3. The molecule has 1 aromatic carbocycles. The summed E-state index contributed by atoms with van der Waals surface area (Å²) >= 11 is 5.69. The number of aryl methyl sites for hydroxylation is 1. The normalized spacial score (nSPS) is 10.3. The van der Waals surface area contributed by atoms with Crippen LogP contribution in [0.2, 0.25) is 5.02 Å². The Morgan fingerprint density at radius 3 is 2.67 bits per heavy atom. The molecule has 0 N–H and O–H groups in total. The Morgan fingerprint density at radius 1 is 1.20 bits per heavy atom. The molecule has 1 heterocycles. The molecule has 2 rings (SSSR count). The number of halogens is 2. The molecule has 0 fully saturated rings. The average molecular weight is 222 g/mol. The molecule has 0 radical (unpaired) electrons. The van der Waals surface area contributed by atoms with Gasteiger partial charge in [-0.2, -0.15) is 0 Å². The van der Waals surface area contributed by atoms with Crippen LogP contribution in [0, 0.1) is 12.7 Å². The molecule has 0 aliphatic rings. The highest BCUT2D eigenvalue weighted by Gasteiger charge is 2.07. The second-order valence-electron chi connectivity index (χ2n) is 3.26. The van der Waals surface area contributed by atoms with Crippen molar-refractivity contribution in [2.75, 3.05) is 0 Å². The van der Waals surface area contributed by atoms with Gasteiger partial charge in [0.05, 0.1) is 0 Å². The predicted molar refractivity (Wildman–Crippen MR) is 59.4 cm³/mol. The summed E-state index contributed by atoms with van der Waals surface area (Å²) in [5.74, 6) is -0.321. The van der Waals surface area contributed by atoms with Crippen molar-refractivity contribution in [3.8, 4) is 11.1 Å². The van der Waals surface area contributed by atoms with Gasteiger partial charge in [-0.3, -0.25) is 4.98 Å². The fraction of sp³-hybridized carbons (Fsp3) is 0.0833. The summed E-state index contributed by atoms with van der Waals surface area (Å²) in [7, 11) is 0. The number of aromatic nitrogens is 1. The summed E-state index contributed by atoms with van der Waals surface area (Å²) < 4.78 is 13.6. The molecule has 0 saturated carbocycles. The first kappa shape index (κ1) is 10.1. The zero-order valence-electron chi connectivity index (χ0n) is 8.17. The molecule has 0 aliphatic carbocycles. The van der Waals surface area contributed by atoms with Crippen LogP contribution in [0.3, 0.4) is 0 Å². The van der Waals surface area contributed by atoms with Crippen LogP contribution in [0.5, 0.6) is 0 Å². The Labute approximate surface area is 92.5 Å². The number of nitrogens with zero attached hydrogens (tertiary/aromatic N) is 1. The second-order valence-corrected chi connectivity index (χ2v) is 3.70. The summed E-state index contributed by atoms with van der Waals surface area (Å²) in [5.41, 5.74) is 2.13. The number of benzene rings is 1. The molecular formula is C12H9ClFN. The highest BCUT2D eigenvalue weighted by molar-refractivity contribution is 6.30. The molecule has 3 heteroatoms. The highest BCUT2D eigenvalue weighted by Crippen LogP contribution is 2.26. The monoisotopic (exact) mass is 221 g/mol. The van der Waals surface area contributed by atoms with Crippen LogP contribution in [0.1, 0.15) is 5.69 Å². The first-order valence-corrected chi connectivity index (χ1v) is 4.93. The minimum Gasteiger partial charge on any atom is -0.261 e. The summed E-state index contributed by atoms with van der Waals surface area (Å²) in [6, 6.07) is 8.28. The number of hydrogen-bond acceptors (Lipinski definition) is 1. The fourth-order valence-electron chi connectivity index (χ4n) is 1.48. The third-order valence-electron chi connectivity index (χ3n) is 2.23. The lowest BCUT2D eigenvalue weighted by Crippen LogP contribution is -1.89.